The molecule has 0 aliphatic carbocycles. The highest BCUT2D eigenvalue weighted by molar-refractivity contribution is 9.10. The molecule has 0 spiro atoms. The average molecular weight is 344 g/mol. The van der Waals surface area contributed by atoms with E-state index in [-0.39, 0.29) is 17.2 Å². The van der Waals surface area contributed by atoms with E-state index < -0.39 is 16.6 Å². The number of ether oxygens (including phenoxy) is 1. The first-order chi connectivity index (χ1) is 9.38. The minimum atomic E-state index is -0.854. The second-order valence-electron chi connectivity index (χ2n) is 4.00. The lowest BCUT2D eigenvalue weighted by atomic mass is 10.2. The minimum absolute atomic E-state index is 0.0798. The molecular weight excluding hydrogens is 336 g/mol. The maximum atomic E-state index is 13.5. The number of nitrogens with zero attached hydrogens (tertiary/aromatic N) is 1. The Bertz CT molecular complexity index is 692. The van der Waals surface area contributed by atoms with Gasteiger partial charge in [0.05, 0.1) is 9.40 Å². The third-order valence-corrected chi connectivity index (χ3v) is 3.18. The summed E-state index contributed by atoms with van der Waals surface area (Å²) in [5.41, 5.74) is 0.291. The van der Waals surface area contributed by atoms with Crippen LogP contribution in [0.3, 0.4) is 0 Å². The highest BCUT2D eigenvalue weighted by Crippen LogP contribution is 2.35. The van der Waals surface area contributed by atoms with Crippen LogP contribution in [0.4, 0.5) is 14.5 Å². The van der Waals surface area contributed by atoms with Gasteiger partial charge in [0.1, 0.15) is 11.6 Å². The van der Waals surface area contributed by atoms with Crippen molar-refractivity contribution in [3.05, 3.63) is 62.1 Å². The Morgan fingerprint density at radius 2 is 1.90 bits per heavy atom. The quantitative estimate of drug-likeness (QED) is 0.597. The predicted molar refractivity (Wildman–Crippen MR) is 72.0 cm³/mol. The molecule has 2 aromatic carbocycles. The van der Waals surface area contributed by atoms with E-state index in [9.17, 15) is 18.9 Å². The van der Waals surface area contributed by atoms with Crippen molar-refractivity contribution in [2.75, 3.05) is 0 Å². The molecule has 0 N–H and O–H groups in total. The summed E-state index contributed by atoms with van der Waals surface area (Å²) in [6.45, 7) is 1.54. The number of rotatable bonds is 3. The van der Waals surface area contributed by atoms with Crippen LogP contribution in [-0.4, -0.2) is 4.92 Å². The zero-order chi connectivity index (χ0) is 14.9. The standard InChI is InChI=1S/C13H8BrF2NO3/c1-7-4-13(9(14)6-11(7)17(18)19)20-12-3-2-8(15)5-10(12)16/h2-6H,1H3. The van der Waals surface area contributed by atoms with Crippen molar-refractivity contribution in [2.24, 2.45) is 0 Å². The summed E-state index contributed by atoms with van der Waals surface area (Å²) in [5, 5.41) is 10.8. The number of benzene rings is 2. The molecule has 0 heterocycles. The van der Waals surface area contributed by atoms with Gasteiger partial charge in [-0.15, -0.1) is 0 Å². The van der Waals surface area contributed by atoms with Crippen molar-refractivity contribution in [1.29, 1.82) is 0 Å². The van der Waals surface area contributed by atoms with E-state index in [4.69, 9.17) is 4.74 Å². The van der Waals surface area contributed by atoms with Crippen LogP contribution in [0, 0.1) is 28.7 Å². The number of hydrogen-bond acceptors (Lipinski definition) is 3. The lowest BCUT2D eigenvalue weighted by molar-refractivity contribution is -0.385. The molecule has 0 fully saturated rings. The van der Waals surface area contributed by atoms with E-state index in [0.717, 1.165) is 12.1 Å². The molecule has 0 radical (unpaired) electrons. The molecule has 0 aliphatic rings. The Kier molecular flexibility index (Phi) is 3.99. The van der Waals surface area contributed by atoms with Crippen LogP contribution in [-0.2, 0) is 0 Å². The predicted octanol–water partition coefficient (Wildman–Crippen LogP) is 4.74. The molecule has 0 saturated heterocycles. The fraction of sp³-hybridized carbons (Fsp3) is 0.0769. The van der Waals surface area contributed by atoms with Gasteiger partial charge in [-0.2, -0.15) is 0 Å². The van der Waals surface area contributed by atoms with Gasteiger partial charge in [0.25, 0.3) is 5.69 Å². The summed E-state index contributed by atoms with van der Waals surface area (Å²) in [6.07, 6.45) is 0. The van der Waals surface area contributed by atoms with Crippen molar-refractivity contribution < 1.29 is 18.4 Å². The fourth-order valence-electron chi connectivity index (χ4n) is 1.60. The number of nitro benzene ring substituents is 1. The summed E-state index contributed by atoms with van der Waals surface area (Å²) < 4.78 is 31.9. The van der Waals surface area contributed by atoms with Crippen molar-refractivity contribution in [2.45, 2.75) is 6.92 Å². The van der Waals surface area contributed by atoms with E-state index in [1.54, 1.807) is 6.92 Å². The van der Waals surface area contributed by atoms with Crippen LogP contribution < -0.4 is 4.74 Å². The van der Waals surface area contributed by atoms with Gasteiger partial charge in [-0.3, -0.25) is 10.1 Å². The molecule has 0 aromatic heterocycles. The molecule has 0 bridgehead atoms. The Morgan fingerprint density at radius 1 is 1.20 bits per heavy atom. The van der Waals surface area contributed by atoms with Gasteiger partial charge in [0, 0.05) is 17.7 Å². The smallest absolute Gasteiger partial charge is 0.273 e. The molecule has 2 aromatic rings. The number of hydrogen-bond donors (Lipinski definition) is 0. The van der Waals surface area contributed by atoms with E-state index in [0.29, 0.717) is 16.1 Å². The van der Waals surface area contributed by atoms with Crippen molar-refractivity contribution in [3.63, 3.8) is 0 Å². The maximum Gasteiger partial charge on any atom is 0.273 e. The second kappa shape index (κ2) is 5.54. The van der Waals surface area contributed by atoms with Gasteiger partial charge in [-0.05, 0) is 41.1 Å². The Balaban J connectivity index is 2.39. The summed E-state index contributed by atoms with van der Waals surface area (Å²) in [4.78, 5) is 10.3. The largest absolute Gasteiger partial charge is 0.453 e. The van der Waals surface area contributed by atoms with Crippen LogP contribution in [0.5, 0.6) is 11.5 Å². The first-order valence-electron chi connectivity index (χ1n) is 5.46. The fourth-order valence-corrected chi connectivity index (χ4v) is 2.01. The third kappa shape index (κ3) is 2.93. The first-order valence-corrected chi connectivity index (χ1v) is 6.25. The van der Waals surface area contributed by atoms with Gasteiger partial charge in [0.2, 0.25) is 0 Å². The van der Waals surface area contributed by atoms with E-state index in [1.165, 1.54) is 12.1 Å². The van der Waals surface area contributed by atoms with Crippen molar-refractivity contribution in [1.82, 2.24) is 0 Å². The highest BCUT2D eigenvalue weighted by atomic mass is 79.9. The molecule has 0 saturated carbocycles. The van der Waals surface area contributed by atoms with Gasteiger partial charge in [0.15, 0.2) is 11.6 Å². The van der Waals surface area contributed by atoms with E-state index in [2.05, 4.69) is 15.9 Å². The summed E-state index contributed by atoms with van der Waals surface area (Å²) in [7, 11) is 0. The van der Waals surface area contributed by atoms with Gasteiger partial charge >= 0.3 is 0 Å². The molecule has 0 unspecified atom stereocenters. The molecule has 0 atom stereocenters. The zero-order valence-corrected chi connectivity index (χ0v) is 11.8. The lowest BCUT2D eigenvalue weighted by Gasteiger charge is -2.09. The molecule has 2 rings (SSSR count). The van der Waals surface area contributed by atoms with Gasteiger partial charge in [-0.1, -0.05) is 0 Å². The zero-order valence-electron chi connectivity index (χ0n) is 10.2. The summed E-state index contributed by atoms with van der Waals surface area (Å²) in [6, 6.07) is 5.58. The number of aryl methyl sites for hydroxylation is 1. The van der Waals surface area contributed by atoms with E-state index in [1.807, 2.05) is 0 Å². The summed E-state index contributed by atoms with van der Waals surface area (Å²) >= 11 is 3.12. The Hall–Kier alpha value is -2.02. The van der Waals surface area contributed by atoms with E-state index >= 15 is 0 Å². The van der Waals surface area contributed by atoms with Gasteiger partial charge in [-0.25, -0.2) is 8.78 Å². The van der Waals surface area contributed by atoms with Gasteiger partial charge < -0.3 is 4.74 Å². The highest BCUT2D eigenvalue weighted by Gasteiger charge is 2.16. The Morgan fingerprint density at radius 3 is 2.50 bits per heavy atom. The molecule has 0 amide bonds. The third-order valence-electron chi connectivity index (χ3n) is 2.56. The molecule has 7 heteroatoms. The summed E-state index contributed by atoms with van der Waals surface area (Å²) in [5.74, 6) is -1.53. The van der Waals surface area contributed by atoms with Crippen LogP contribution >= 0.6 is 15.9 Å². The van der Waals surface area contributed by atoms with Crippen LogP contribution in [0.1, 0.15) is 5.56 Å². The van der Waals surface area contributed by atoms with Crippen LogP contribution in [0.2, 0.25) is 0 Å². The molecule has 4 nitrogen and oxygen atoms in total. The topological polar surface area (TPSA) is 52.4 Å². The molecule has 0 aliphatic heterocycles. The van der Waals surface area contributed by atoms with Crippen LogP contribution in [0.15, 0.2) is 34.8 Å². The second-order valence-corrected chi connectivity index (χ2v) is 4.86. The molecule has 20 heavy (non-hydrogen) atoms. The van der Waals surface area contributed by atoms with Crippen molar-refractivity contribution >= 4 is 21.6 Å². The average Bonchev–Trinajstić information content (AvgIpc) is 2.36. The maximum absolute atomic E-state index is 13.5. The molecular formula is C13H8BrF2NO3. The SMILES string of the molecule is Cc1cc(Oc2ccc(F)cc2F)c(Br)cc1[N+](=O)[O-]. The minimum Gasteiger partial charge on any atom is -0.453 e. The first kappa shape index (κ1) is 14.4. The lowest BCUT2D eigenvalue weighted by Crippen LogP contribution is -1.95. The monoisotopic (exact) mass is 343 g/mol. The number of nitro groups is 1. The normalized spacial score (nSPS) is 10.4. The Labute approximate surface area is 121 Å². The van der Waals surface area contributed by atoms with Crippen molar-refractivity contribution in [3.8, 4) is 11.5 Å². The molecule has 104 valence electrons. The number of halogens is 3. The van der Waals surface area contributed by atoms with Crippen LogP contribution in [0.25, 0.3) is 0 Å².